The molecule has 1 amide bonds. The van der Waals surface area contributed by atoms with Crippen LogP contribution in [0.15, 0.2) is 4.99 Å². The Bertz CT molecular complexity index is 393. The van der Waals surface area contributed by atoms with Gasteiger partial charge in [-0.3, -0.25) is 14.6 Å². The highest BCUT2D eigenvalue weighted by Gasteiger charge is 2.19. The second-order valence-electron chi connectivity index (χ2n) is 6.66. The third-order valence-electron chi connectivity index (χ3n) is 4.17. The van der Waals surface area contributed by atoms with Gasteiger partial charge in [-0.2, -0.15) is 0 Å². The highest BCUT2D eigenvalue weighted by Crippen LogP contribution is 2.09. The summed E-state index contributed by atoms with van der Waals surface area (Å²) in [5, 5.41) is 2.90. The number of ketones is 1. The van der Waals surface area contributed by atoms with Gasteiger partial charge in [0.05, 0.1) is 6.04 Å². The maximum atomic E-state index is 12.2. The third-order valence-corrected chi connectivity index (χ3v) is 4.17. The SMILES string of the molecule is CCCCCCCCCC(=O)NC(CCCN=C(N)N)C(=O)CCC. The molecule has 1 atom stereocenters. The van der Waals surface area contributed by atoms with E-state index in [2.05, 4.69) is 17.2 Å². The summed E-state index contributed by atoms with van der Waals surface area (Å²) < 4.78 is 0. The van der Waals surface area contributed by atoms with Crippen LogP contribution in [0.5, 0.6) is 0 Å². The van der Waals surface area contributed by atoms with E-state index in [0.717, 1.165) is 19.3 Å². The molecule has 0 bridgehead atoms. The van der Waals surface area contributed by atoms with Crippen molar-refractivity contribution in [3.8, 4) is 0 Å². The molecule has 0 heterocycles. The fraction of sp³-hybridized carbons (Fsp3) is 0.842. The van der Waals surface area contributed by atoms with Crippen LogP contribution >= 0.6 is 0 Å². The number of nitrogens with zero attached hydrogens (tertiary/aromatic N) is 1. The van der Waals surface area contributed by atoms with E-state index in [1.54, 1.807) is 0 Å². The molecule has 0 spiro atoms. The summed E-state index contributed by atoms with van der Waals surface area (Å²) in [7, 11) is 0. The fourth-order valence-electron chi connectivity index (χ4n) is 2.75. The number of amides is 1. The van der Waals surface area contributed by atoms with Crippen molar-refractivity contribution < 1.29 is 9.59 Å². The van der Waals surface area contributed by atoms with Crippen molar-refractivity contribution in [1.29, 1.82) is 0 Å². The topological polar surface area (TPSA) is 111 Å². The molecule has 0 fully saturated rings. The number of unbranched alkanes of at least 4 members (excludes halogenated alkanes) is 6. The maximum absolute atomic E-state index is 12.2. The highest BCUT2D eigenvalue weighted by molar-refractivity contribution is 5.88. The van der Waals surface area contributed by atoms with Crippen LogP contribution in [0.25, 0.3) is 0 Å². The molecule has 0 aliphatic carbocycles. The Labute approximate surface area is 153 Å². The second kappa shape index (κ2) is 15.9. The van der Waals surface area contributed by atoms with E-state index < -0.39 is 6.04 Å². The molecule has 146 valence electrons. The van der Waals surface area contributed by atoms with Gasteiger partial charge in [-0.15, -0.1) is 0 Å². The second-order valence-corrected chi connectivity index (χ2v) is 6.66. The van der Waals surface area contributed by atoms with E-state index in [9.17, 15) is 9.59 Å². The van der Waals surface area contributed by atoms with Gasteiger partial charge < -0.3 is 16.8 Å². The third kappa shape index (κ3) is 14.5. The smallest absolute Gasteiger partial charge is 0.220 e. The first-order chi connectivity index (χ1) is 12.0. The largest absolute Gasteiger partial charge is 0.370 e. The molecule has 0 aromatic heterocycles. The average molecular weight is 355 g/mol. The van der Waals surface area contributed by atoms with Gasteiger partial charge in [0.2, 0.25) is 5.91 Å². The normalized spacial score (nSPS) is 11.8. The minimum Gasteiger partial charge on any atom is -0.370 e. The predicted molar refractivity (Wildman–Crippen MR) is 104 cm³/mol. The molecule has 6 heteroatoms. The summed E-state index contributed by atoms with van der Waals surface area (Å²) in [6, 6.07) is -0.411. The lowest BCUT2D eigenvalue weighted by Gasteiger charge is -2.17. The van der Waals surface area contributed by atoms with Gasteiger partial charge in [0.15, 0.2) is 11.7 Å². The Hall–Kier alpha value is -1.59. The zero-order valence-electron chi connectivity index (χ0n) is 16.2. The minimum absolute atomic E-state index is 0.0233. The first-order valence-corrected chi connectivity index (χ1v) is 9.88. The quantitative estimate of drug-likeness (QED) is 0.225. The van der Waals surface area contributed by atoms with Crippen LogP contribution < -0.4 is 16.8 Å². The van der Waals surface area contributed by atoms with Crippen molar-refractivity contribution in [1.82, 2.24) is 5.32 Å². The number of guanidine groups is 1. The summed E-state index contributed by atoms with van der Waals surface area (Å²) in [6.45, 7) is 4.65. The number of carbonyl (C=O) groups excluding carboxylic acids is 2. The van der Waals surface area contributed by atoms with Gasteiger partial charge >= 0.3 is 0 Å². The van der Waals surface area contributed by atoms with Crippen LogP contribution in [-0.2, 0) is 9.59 Å². The van der Waals surface area contributed by atoms with E-state index in [1.165, 1.54) is 32.1 Å². The lowest BCUT2D eigenvalue weighted by molar-refractivity contribution is -0.128. The number of Topliss-reactive ketones (excluding diaryl/α,β-unsaturated/α-hetero) is 1. The number of rotatable bonds is 16. The maximum Gasteiger partial charge on any atom is 0.220 e. The van der Waals surface area contributed by atoms with Gasteiger partial charge in [-0.1, -0.05) is 52.4 Å². The molecule has 5 N–H and O–H groups in total. The first-order valence-electron chi connectivity index (χ1n) is 9.88. The Morgan fingerprint density at radius 1 is 0.880 bits per heavy atom. The van der Waals surface area contributed by atoms with E-state index in [1.807, 2.05) is 6.92 Å². The summed E-state index contributed by atoms with van der Waals surface area (Å²) >= 11 is 0. The van der Waals surface area contributed by atoms with Crippen molar-refractivity contribution in [2.45, 2.75) is 96.9 Å². The summed E-state index contributed by atoms with van der Waals surface area (Å²) in [6.07, 6.45) is 11.3. The van der Waals surface area contributed by atoms with Crippen molar-refractivity contribution in [3.63, 3.8) is 0 Å². The van der Waals surface area contributed by atoms with Crippen molar-refractivity contribution in [2.75, 3.05) is 6.54 Å². The highest BCUT2D eigenvalue weighted by atomic mass is 16.2. The Balaban J connectivity index is 4.10. The molecule has 6 nitrogen and oxygen atoms in total. The Kier molecular flexibility index (Phi) is 14.9. The number of carbonyl (C=O) groups is 2. The number of aliphatic imine (C=N–C) groups is 1. The van der Waals surface area contributed by atoms with Crippen LogP contribution in [0.1, 0.15) is 90.9 Å². The van der Waals surface area contributed by atoms with Crippen LogP contribution in [0.3, 0.4) is 0 Å². The standard InChI is InChI=1S/C19H38N4O2/c1-3-5-6-7-8-9-10-14-18(25)23-16(17(24)12-4-2)13-11-15-22-19(20)21/h16H,3-15H2,1-2H3,(H,23,25)(H4,20,21,22). The lowest BCUT2D eigenvalue weighted by atomic mass is 10.0. The molecular weight excluding hydrogens is 316 g/mol. The molecule has 1 unspecified atom stereocenters. The van der Waals surface area contributed by atoms with E-state index in [4.69, 9.17) is 11.5 Å². The summed E-state index contributed by atoms with van der Waals surface area (Å²) in [5.74, 6) is 0.129. The molecular formula is C19H38N4O2. The zero-order valence-corrected chi connectivity index (χ0v) is 16.2. The molecule has 0 aromatic rings. The fourth-order valence-corrected chi connectivity index (χ4v) is 2.75. The van der Waals surface area contributed by atoms with Crippen molar-refractivity contribution in [2.24, 2.45) is 16.5 Å². The molecule has 25 heavy (non-hydrogen) atoms. The van der Waals surface area contributed by atoms with E-state index in [0.29, 0.717) is 32.2 Å². The van der Waals surface area contributed by atoms with E-state index >= 15 is 0 Å². The van der Waals surface area contributed by atoms with Gasteiger partial charge in [0.25, 0.3) is 0 Å². The Morgan fingerprint density at radius 3 is 2.12 bits per heavy atom. The van der Waals surface area contributed by atoms with Crippen LogP contribution in [0.4, 0.5) is 0 Å². The number of hydrogen-bond acceptors (Lipinski definition) is 3. The summed E-state index contributed by atoms with van der Waals surface area (Å²) in [4.78, 5) is 28.2. The van der Waals surface area contributed by atoms with Crippen LogP contribution in [0.2, 0.25) is 0 Å². The predicted octanol–water partition coefficient (Wildman–Crippen LogP) is 3.03. The van der Waals surface area contributed by atoms with Gasteiger partial charge in [-0.25, -0.2) is 0 Å². The lowest BCUT2D eigenvalue weighted by Crippen LogP contribution is -2.40. The van der Waals surface area contributed by atoms with Gasteiger partial charge in [0.1, 0.15) is 0 Å². The van der Waals surface area contributed by atoms with Crippen LogP contribution in [0, 0.1) is 0 Å². The molecule has 0 saturated heterocycles. The molecule has 0 radical (unpaired) electrons. The molecule has 0 aromatic carbocycles. The average Bonchev–Trinajstić information content (AvgIpc) is 2.56. The molecule has 0 aliphatic rings. The monoisotopic (exact) mass is 354 g/mol. The first kappa shape index (κ1) is 23.4. The molecule has 0 aliphatic heterocycles. The van der Waals surface area contributed by atoms with Gasteiger partial charge in [-0.05, 0) is 25.7 Å². The number of hydrogen-bond donors (Lipinski definition) is 3. The molecule has 0 rings (SSSR count). The molecule has 0 saturated carbocycles. The van der Waals surface area contributed by atoms with E-state index in [-0.39, 0.29) is 17.6 Å². The van der Waals surface area contributed by atoms with Crippen molar-refractivity contribution in [3.05, 3.63) is 0 Å². The van der Waals surface area contributed by atoms with Crippen molar-refractivity contribution >= 4 is 17.6 Å². The number of nitrogens with one attached hydrogen (secondary N) is 1. The minimum atomic E-state index is -0.411. The number of nitrogens with two attached hydrogens (primary N) is 2. The summed E-state index contributed by atoms with van der Waals surface area (Å²) in [5.41, 5.74) is 10.6. The Morgan fingerprint density at radius 2 is 1.52 bits per heavy atom. The van der Waals surface area contributed by atoms with Gasteiger partial charge in [0, 0.05) is 19.4 Å². The zero-order chi connectivity index (χ0) is 18.9. The van der Waals surface area contributed by atoms with Crippen LogP contribution in [-0.4, -0.2) is 30.2 Å².